The molecule has 0 radical (unpaired) electrons. The summed E-state index contributed by atoms with van der Waals surface area (Å²) in [6.45, 7) is 0.252. The highest BCUT2D eigenvalue weighted by molar-refractivity contribution is 7.88. The summed E-state index contributed by atoms with van der Waals surface area (Å²) in [6.07, 6.45) is -4.08. The van der Waals surface area contributed by atoms with Gasteiger partial charge in [0.15, 0.2) is 0 Å². The number of carbonyl (C=O) groups is 1. The van der Waals surface area contributed by atoms with Crippen LogP contribution in [0.3, 0.4) is 0 Å². The number of anilines is 1. The molecule has 1 aliphatic rings. The van der Waals surface area contributed by atoms with Crippen molar-refractivity contribution in [1.29, 1.82) is 0 Å². The molecule has 31 heavy (non-hydrogen) atoms. The predicted molar refractivity (Wildman–Crippen MR) is 113 cm³/mol. The van der Waals surface area contributed by atoms with Gasteiger partial charge < -0.3 is 5.32 Å². The number of carbonyl (C=O) groups excluding carboxylic acids is 1. The normalized spacial score (nSPS) is 16.3. The number of sulfonamides is 1. The van der Waals surface area contributed by atoms with Crippen LogP contribution < -0.4 is 5.32 Å². The lowest BCUT2D eigenvalue weighted by atomic mass is 9.97. The third-order valence-corrected chi connectivity index (χ3v) is 7.59. The van der Waals surface area contributed by atoms with Crippen LogP contribution in [-0.2, 0) is 26.7 Å². The van der Waals surface area contributed by atoms with Crippen LogP contribution in [0.1, 0.15) is 24.0 Å². The lowest BCUT2D eigenvalue weighted by Gasteiger charge is -2.30. The van der Waals surface area contributed by atoms with Gasteiger partial charge >= 0.3 is 6.18 Å². The van der Waals surface area contributed by atoms with Crippen LogP contribution in [0.25, 0.3) is 0 Å². The third-order valence-electron chi connectivity index (χ3n) is 5.07. The molecule has 0 bridgehead atoms. The molecule has 1 aliphatic heterocycles. The molecule has 1 amide bonds. The number of nitrogens with one attached hydrogen (secondary N) is 1. The van der Waals surface area contributed by atoms with Crippen LogP contribution in [0.5, 0.6) is 0 Å². The van der Waals surface area contributed by atoms with E-state index in [1.54, 1.807) is 24.3 Å². The van der Waals surface area contributed by atoms with Crippen LogP contribution in [0, 0.1) is 5.92 Å². The van der Waals surface area contributed by atoms with E-state index in [1.165, 1.54) is 4.31 Å². The van der Waals surface area contributed by atoms with Gasteiger partial charge in [-0.1, -0.05) is 41.4 Å². The van der Waals surface area contributed by atoms with Gasteiger partial charge in [0, 0.05) is 24.0 Å². The molecule has 1 heterocycles. The van der Waals surface area contributed by atoms with Crippen molar-refractivity contribution >= 4 is 44.8 Å². The number of halogens is 5. The molecule has 1 N–H and O–H groups in total. The Hall–Kier alpha value is -1.81. The number of nitrogens with zero attached hydrogens (tertiary/aromatic N) is 1. The predicted octanol–water partition coefficient (Wildman–Crippen LogP) is 5.19. The smallest absolute Gasteiger partial charge is 0.325 e. The molecule has 0 unspecified atom stereocenters. The van der Waals surface area contributed by atoms with Crippen LogP contribution >= 0.6 is 23.2 Å². The lowest BCUT2D eigenvalue weighted by molar-refractivity contribution is -0.137. The first-order valence-corrected chi connectivity index (χ1v) is 11.7. The Morgan fingerprint density at radius 2 is 1.71 bits per heavy atom. The van der Waals surface area contributed by atoms with Gasteiger partial charge in [-0.05, 0) is 42.7 Å². The van der Waals surface area contributed by atoms with Crippen molar-refractivity contribution in [2.45, 2.75) is 24.8 Å². The van der Waals surface area contributed by atoms with Crippen molar-refractivity contribution in [3.63, 3.8) is 0 Å². The van der Waals surface area contributed by atoms with E-state index in [9.17, 15) is 26.4 Å². The van der Waals surface area contributed by atoms with Crippen molar-refractivity contribution in [2.75, 3.05) is 18.4 Å². The Balaban J connectivity index is 1.62. The van der Waals surface area contributed by atoms with Crippen molar-refractivity contribution in [1.82, 2.24) is 4.31 Å². The number of hydrogen-bond donors (Lipinski definition) is 1. The van der Waals surface area contributed by atoms with Crippen molar-refractivity contribution in [3.8, 4) is 0 Å². The number of benzene rings is 2. The first-order valence-electron chi connectivity index (χ1n) is 9.36. The molecule has 0 spiro atoms. The summed E-state index contributed by atoms with van der Waals surface area (Å²) in [7, 11) is -3.62. The first-order chi connectivity index (χ1) is 14.5. The molecule has 2 aromatic carbocycles. The zero-order chi connectivity index (χ0) is 22.8. The Morgan fingerprint density at radius 3 is 2.32 bits per heavy atom. The molecule has 5 nitrogen and oxygen atoms in total. The summed E-state index contributed by atoms with van der Waals surface area (Å²) < 4.78 is 65.4. The Bertz CT molecular complexity index is 1070. The molecule has 11 heteroatoms. The number of rotatable bonds is 5. The van der Waals surface area contributed by atoms with Crippen LogP contribution in [-0.4, -0.2) is 31.7 Å². The van der Waals surface area contributed by atoms with Gasteiger partial charge in [-0.15, -0.1) is 0 Å². The van der Waals surface area contributed by atoms with Gasteiger partial charge in [-0.25, -0.2) is 12.7 Å². The monoisotopic (exact) mass is 494 g/mol. The highest BCUT2D eigenvalue weighted by atomic mass is 35.5. The highest BCUT2D eigenvalue weighted by Crippen LogP contribution is 2.34. The van der Waals surface area contributed by atoms with Crippen LogP contribution in [0.15, 0.2) is 42.5 Å². The zero-order valence-corrected chi connectivity index (χ0v) is 18.5. The average Bonchev–Trinajstić information content (AvgIpc) is 2.70. The van der Waals surface area contributed by atoms with E-state index < -0.39 is 33.6 Å². The summed E-state index contributed by atoms with van der Waals surface area (Å²) >= 11 is 12.0. The second kappa shape index (κ2) is 9.36. The second-order valence-electron chi connectivity index (χ2n) is 7.20. The summed E-state index contributed by atoms with van der Waals surface area (Å²) in [4.78, 5) is 12.5. The van der Waals surface area contributed by atoms with Gasteiger partial charge in [-0.2, -0.15) is 13.2 Å². The fourth-order valence-corrected chi connectivity index (χ4v) is 5.37. The summed E-state index contributed by atoms with van der Waals surface area (Å²) in [5, 5.41) is 2.78. The Labute approximate surface area is 188 Å². The highest BCUT2D eigenvalue weighted by Gasteiger charge is 2.33. The molecule has 0 aliphatic carbocycles. The van der Waals surface area contributed by atoms with Crippen molar-refractivity contribution in [2.24, 2.45) is 5.92 Å². The van der Waals surface area contributed by atoms with Gasteiger partial charge in [0.25, 0.3) is 0 Å². The molecule has 2 aromatic rings. The maximum atomic E-state index is 12.9. The molecule has 0 saturated carbocycles. The van der Waals surface area contributed by atoms with Crippen LogP contribution in [0.4, 0.5) is 18.9 Å². The van der Waals surface area contributed by atoms with E-state index in [-0.39, 0.29) is 42.4 Å². The minimum atomic E-state index is -4.56. The van der Waals surface area contributed by atoms with Crippen LogP contribution in [0.2, 0.25) is 10.0 Å². The lowest BCUT2D eigenvalue weighted by Crippen LogP contribution is -2.41. The van der Waals surface area contributed by atoms with Gasteiger partial charge in [-0.3, -0.25) is 4.79 Å². The summed E-state index contributed by atoms with van der Waals surface area (Å²) in [6, 6.07) is 9.35. The van der Waals surface area contributed by atoms with E-state index in [4.69, 9.17) is 23.2 Å². The first kappa shape index (κ1) is 23.8. The summed E-state index contributed by atoms with van der Waals surface area (Å²) in [5.41, 5.74) is -0.564. The fourth-order valence-electron chi connectivity index (χ4n) is 3.33. The van der Waals surface area contributed by atoms with E-state index in [0.717, 1.165) is 18.2 Å². The van der Waals surface area contributed by atoms with Gasteiger partial charge in [0.1, 0.15) is 0 Å². The number of alkyl halides is 3. The van der Waals surface area contributed by atoms with E-state index in [2.05, 4.69) is 5.32 Å². The van der Waals surface area contributed by atoms with E-state index in [0.29, 0.717) is 10.6 Å². The molecule has 0 aromatic heterocycles. The van der Waals surface area contributed by atoms with Gasteiger partial charge in [0.2, 0.25) is 15.9 Å². The van der Waals surface area contributed by atoms with Crippen molar-refractivity contribution < 1.29 is 26.4 Å². The maximum absolute atomic E-state index is 12.9. The SMILES string of the molecule is O=C(Nc1cc(C(F)(F)F)ccc1Cl)C1CCN(S(=O)(=O)Cc2ccccc2Cl)CC1. The molecule has 3 rings (SSSR count). The molecule has 1 saturated heterocycles. The minimum absolute atomic E-state index is 0.0129. The largest absolute Gasteiger partial charge is 0.416 e. The van der Waals surface area contributed by atoms with Gasteiger partial charge in [0.05, 0.1) is 22.0 Å². The minimum Gasteiger partial charge on any atom is -0.325 e. The number of piperidine rings is 1. The second-order valence-corrected chi connectivity index (χ2v) is 9.99. The molecular formula is C20H19Cl2F3N2O3S. The third kappa shape index (κ3) is 5.91. The standard InChI is InChI=1S/C20H19Cl2F3N2O3S/c21-16-4-2-1-3-14(16)12-31(29,30)27-9-7-13(8-10-27)19(28)26-18-11-15(20(23,24)25)5-6-17(18)22/h1-6,11,13H,7-10,12H2,(H,26,28). The molecule has 0 atom stereocenters. The molecular weight excluding hydrogens is 476 g/mol. The number of amides is 1. The summed E-state index contributed by atoms with van der Waals surface area (Å²) in [5.74, 6) is -1.29. The number of hydrogen-bond acceptors (Lipinski definition) is 3. The zero-order valence-electron chi connectivity index (χ0n) is 16.1. The molecule has 168 valence electrons. The fraction of sp³-hybridized carbons (Fsp3) is 0.350. The topological polar surface area (TPSA) is 66.5 Å². The van der Waals surface area contributed by atoms with E-state index >= 15 is 0 Å². The Morgan fingerprint density at radius 1 is 1.06 bits per heavy atom. The van der Waals surface area contributed by atoms with Crippen molar-refractivity contribution in [3.05, 3.63) is 63.6 Å². The quantitative estimate of drug-likeness (QED) is 0.621. The molecule has 1 fully saturated rings. The Kier molecular flexibility index (Phi) is 7.20. The van der Waals surface area contributed by atoms with E-state index in [1.807, 2.05) is 0 Å². The maximum Gasteiger partial charge on any atom is 0.416 e. The average molecular weight is 495 g/mol.